The van der Waals surface area contributed by atoms with Crippen LogP contribution in [0.5, 0.6) is 0 Å². The predicted octanol–water partition coefficient (Wildman–Crippen LogP) is 4.27. The molecule has 0 spiro atoms. The average Bonchev–Trinajstić information content (AvgIpc) is 3.12. The molecule has 0 saturated heterocycles. The number of aryl methyl sites for hydroxylation is 3. The molecule has 0 bridgehead atoms. The lowest BCUT2D eigenvalue weighted by atomic mass is 10.1. The van der Waals surface area contributed by atoms with Gasteiger partial charge in [-0.15, -0.1) is 0 Å². The van der Waals surface area contributed by atoms with E-state index in [4.69, 9.17) is 16.0 Å². The van der Waals surface area contributed by atoms with E-state index < -0.39 is 0 Å². The minimum Gasteiger partial charge on any atom is -0.459 e. The van der Waals surface area contributed by atoms with Gasteiger partial charge in [-0.3, -0.25) is 5.10 Å². The van der Waals surface area contributed by atoms with Crippen molar-refractivity contribution < 1.29 is 9.21 Å². The molecule has 0 unspecified atom stereocenters. The number of hydrogen-bond donors (Lipinski definition) is 3. The zero-order chi connectivity index (χ0) is 18.1. The van der Waals surface area contributed by atoms with Gasteiger partial charge in [0.1, 0.15) is 11.6 Å². The van der Waals surface area contributed by atoms with Crippen LogP contribution >= 0.6 is 11.6 Å². The van der Waals surface area contributed by atoms with Crippen molar-refractivity contribution in [1.82, 2.24) is 20.5 Å². The van der Waals surface area contributed by atoms with Gasteiger partial charge in [-0.2, -0.15) is 5.10 Å². The second-order valence-electron chi connectivity index (χ2n) is 5.93. The largest absolute Gasteiger partial charge is 0.459 e. The SMILES string of the molecule is CCc1oc2c(NC(=O)N[C@H](C)c3n[nH]c(C)n3)cc(Cl)cc2c1C. The lowest BCUT2D eigenvalue weighted by molar-refractivity contribution is 0.249. The quantitative estimate of drug-likeness (QED) is 0.646. The van der Waals surface area contributed by atoms with E-state index in [-0.39, 0.29) is 12.1 Å². The van der Waals surface area contributed by atoms with Crippen molar-refractivity contribution in [3.8, 4) is 0 Å². The van der Waals surface area contributed by atoms with Crippen LogP contribution in [0.4, 0.5) is 10.5 Å². The Balaban J connectivity index is 1.83. The second kappa shape index (κ2) is 6.76. The van der Waals surface area contributed by atoms with Crippen molar-refractivity contribution in [2.24, 2.45) is 0 Å². The molecule has 1 atom stereocenters. The molecule has 0 saturated carbocycles. The number of carbonyl (C=O) groups excluding carboxylic acids is 1. The third-order valence-corrected chi connectivity index (χ3v) is 4.24. The van der Waals surface area contributed by atoms with Gasteiger partial charge in [0.15, 0.2) is 11.4 Å². The molecule has 1 aromatic carbocycles. The summed E-state index contributed by atoms with van der Waals surface area (Å²) in [6, 6.07) is 2.79. The first-order valence-electron chi connectivity index (χ1n) is 8.07. The lowest BCUT2D eigenvalue weighted by Crippen LogP contribution is -2.31. The minimum atomic E-state index is -0.384. The maximum absolute atomic E-state index is 12.3. The number of benzene rings is 1. The minimum absolute atomic E-state index is 0.343. The highest BCUT2D eigenvalue weighted by Gasteiger charge is 2.18. The van der Waals surface area contributed by atoms with E-state index in [1.54, 1.807) is 13.0 Å². The van der Waals surface area contributed by atoms with Crippen LogP contribution in [-0.4, -0.2) is 21.2 Å². The molecule has 0 fully saturated rings. The fourth-order valence-electron chi connectivity index (χ4n) is 2.74. The van der Waals surface area contributed by atoms with Gasteiger partial charge in [0, 0.05) is 16.8 Å². The number of fused-ring (bicyclic) bond motifs is 1. The molecule has 3 aromatic rings. The summed E-state index contributed by atoms with van der Waals surface area (Å²) in [4.78, 5) is 16.6. The van der Waals surface area contributed by atoms with Crippen molar-refractivity contribution in [3.63, 3.8) is 0 Å². The summed E-state index contributed by atoms with van der Waals surface area (Å²) < 4.78 is 5.90. The molecule has 2 aromatic heterocycles. The maximum Gasteiger partial charge on any atom is 0.319 e. The van der Waals surface area contributed by atoms with E-state index >= 15 is 0 Å². The molecule has 7 nitrogen and oxygen atoms in total. The molecule has 2 heterocycles. The number of H-pyrrole nitrogens is 1. The molecule has 3 N–H and O–H groups in total. The van der Waals surface area contributed by atoms with Gasteiger partial charge in [0.2, 0.25) is 0 Å². The van der Waals surface area contributed by atoms with Gasteiger partial charge >= 0.3 is 6.03 Å². The van der Waals surface area contributed by atoms with Crippen LogP contribution in [-0.2, 0) is 6.42 Å². The fourth-order valence-corrected chi connectivity index (χ4v) is 2.95. The smallest absolute Gasteiger partial charge is 0.319 e. The summed E-state index contributed by atoms with van der Waals surface area (Å²) in [7, 11) is 0. The molecule has 0 aliphatic carbocycles. The molecule has 8 heteroatoms. The molecule has 0 aliphatic rings. The molecular formula is C17H20ClN5O2. The van der Waals surface area contributed by atoms with E-state index in [2.05, 4.69) is 25.8 Å². The van der Waals surface area contributed by atoms with E-state index in [0.717, 1.165) is 23.1 Å². The van der Waals surface area contributed by atoms with Crippen molar-refractivity contribution in [2.45, 2.75) is 40.2 Å². The number of hydrogen-bond acceptors (Lipinski definition) is 4. The van der Waals surface area contributed by atoms with Gasteiger partial charge in [0.25, 0.3) is 0 Å². The van der Waals surface area contributed by atoms with Crippen LogP contribution in [0.3, 0.4) is 0 Å². The Hall–Kier alpha value is -2.54. The number of nitrogens with zero attached hydrogens (tertiary/aromatic N) is 2. The van der Waals surface area contributed by atoms with Gasteiger partial charge in [-0.25, -0.2) is 9.78 Å². The number of furan rings is 1. The molecule has 0 radical (unpaired) electrons. The Kier molecular flexibility index (Phi) is 4.67. The van der Waals surface area contributed by atoms with Gasteiger partial charge in [-0.05, 0) is 38.5 Å². The molecule has 132 valence electrons. The van der Waals surface area contributed by atoms with Crippen LogP contribution < -0.4 is 10.6 Å². The Labute approximate surface area is 150 Å². The van der Waals surface area contributed by atoms with Gasteiger partial charge < -0.3 is 15.1 Å². The Morgan fingerprint density at radius 1 is 1.40 bits per heavy atom. The monoisotopic (exact) mass is 361 g/mol. The van der Waals surface area contributed by atoms with Crippen LogP contribution in [0.15, 0.2) is 16.5 Å². The summed E-state index contributed by atoms with van der Waals surface area (Å²) in [6.45, 7) is 7.61. The Bertz CT molecular complexity index is 931. The predicted molar refractivity (Wildman–Crippen MR) is 97.0 cm³/mol. The number of aromatic nitrogens is 3. The zero-order valence-corrected chi connectivity index (χ0v) is 15.3. The summed E-state index contributed by atoms with van der Waals surface area (Å²) in [6.07, 6.45) is 0.769. The highest BCUT2D eigenvalue weighted by molar-refractivity contribution is 6.32. The van der Waals surface area contributed by atoms with Crippen LogP contribution in [0, 0.1) is 13.8 Å². The standard InChI is InChI=1S/C17H20ClN5O2/c1-5-14-8(2)12-6-11(18)7-13(15(12)25-14)21-17(24)19-9(3)16-20-10(4)22-23-16/h6-7,9H,5H2,1-4H3,(H2,19,21,24)(H,20,22,23)/t9-/m1/s1. The number of urea groups is 1. The second-order valence-corrected chi connectivity index (χ2v) is 6.37. The number of amides is 2. The number of anilines is 1. The van der Waals surface area contributed by atoms with Crippen molar-refractivity contribution >= 4 is 34.3 Å². The Morgan fingerprint density at radius 3 is 2.80 bits per heavy atom. The molecular weight excluding hydrogens is 342 g/mol. The molecule has 3 rings (SSSR count). The first-order chi connectivity index (χ1) is 11.9. The average molecular weight is 362 g/mol. The number of rotatable bonds is 4. The first-order valence-corrected chi connectivity index (χ1v) is 8.44. The number of nitrogens with one attached hydrogen (secondary N) is 3. The number of halogens is 1. The lowest BCUT2D eigenvalue weighted by Gasteiger charge is -2.12. The van der Waals surface area contributed by atoms with E-state index in [9.17, 15) is 4.79 Å². The normalized spacial score (nSPS) is 12.4. The van der Waals surface area contributed by atoms with Crippen molar-refractivity contribution in [2.75, 3.05) is 5.32 Å². The van der Waals surface area contributed by atoms with Crippen LogP contribution in [0.2, 0.25) is 5.02 Å². The summed E-state index contributed by atoms with van der Waals surface area (Å²) >= 11 is 6.20. The third kappa shape index (κ3) is 3.46. The van der Waals surface area contributed by atoms with Crippen LogP contribution in [0.1, 0.15) is 42.9 Å². The van der Waals surface area contributed by atoms with Crippen molar-refractivity contribution in [1.29, 1.82) is 0 Å². The number of aromatic amines is 1. The molecule has 25 heavy (non-hydrogen) atoms. The third-order valence-electron chi connectivity index (χ3n) is 4.02. The van der Waals surface area contributed by atoms with Crippen LogP contribution in [0.25, 0.3) is 11.0 Å². The highest BCUT2D eigenvalue weighted by atomic mass is 35.5. The summed E-state index contributed by atoms with van der Waals surface area (Å²) in [5, 5.41) is 13.8. The van der Waals surface area contributed by atoms with Gasteiger partial charge in [-0.1, -0.05) is 18.5 Å². The molecule has 0 aliphatic heterocycles. The fraction of sp³-hybridized carbons (Fsp3) is 0.353. The van der Waals surface area contributed by atoms with Crippen molar-refractivity contribution in [3.05, 3.63) is 40.1 Å². The van der Waals surface area contributed by atoms with E-state index in [0.29, 0.717) is 27.9 Å². The topological polar surface area (TPSA) is 95.8 Å². The van der Waals surface area contributed by atoms with Gasteiger partial charge in [0.05, 0.1) is 11.7 Å². The summed E-state index contributed by atoms with van der Waals surface area (Å²) in [5.41, 5.74) is 2.18. The highest BCUT2D eigenvalue weighted by Crippen LogP contribution is 2.34. The zero-order valence-electron chi connectivity index (χ0n) is 14.5. The first kappa shape index (κ1) is 17.3. The van der Waals surface area contributed by atoms with E-state index in [1.165, 1.54) is 0 Å². The molecule has 2 amide bonds. The Morgan fingerprint density at radius 2 is 2.16 bits per heavy atom. The summed E-state index contributed by atoms with van der Waals surface area (Å²) in [5.74, 6) is 2.09. The maximum atomic E-state index is 12.3. The number of carbonyl (C=O) groups is 1. The van der Waals surface area contributed by atoms with E-state index in [1.807, 2.05) is 26.8 Å².